The molecule has 1 N–H and O–H groups in total. The Hall–Kier alpha value is -2.29. The molecule has 2 atom stereocenters. The molecule has 0 fully saturated rings. The molecule has 0 saturated heterocycles. The molecule has 0 spiro atoms. The van der Waals surface area contributed by atoms with E-state index >= 15 is 0 Å². The second-order valence-electron chi connectivity index (χ2n) is 6.61. The fourth-order valence-electron chi connectivity index (χ4n) is 3.29. The molecule has 0 saturated carbocycles. The second kappa shape index (κ2) is 7.08. The Bertz CT molecular complexity index is 738. The zero-order chi connectivity index (χ0) is 17.1. The average Bonchev–Trinajstić information content (AvgIpc) is 2.59. The number of fused-ring (bicyclic) bond motifs is 1. The summed E-state index contributed by atoms with van der Waals surface area (Å²) in [5.74, 6) is 0.722. The average molecular weight is 323 g/mol. The van der Waals surface area contributed by atoms with Crippen LogP contribution in [0.5, 0.6) is 5.75 Å². The third-order valence-corrected chi connectivity index (χ3v) is 4.91. The highest BCUT2D eigenvalue weighted by molar-refractivity contribution is 5.81. The number of ether oxygens (including phenoxy) is 1. The fourth-order valence-corrected chi connectivity index (χ4v) is 3.29. The predicted octanol–water partition coefficient (Wildman–Crippen LogP) is 4.26. The van der Waals surface area contributed by atoms with E-state index in [9.17, 15) is 4.79 Å². The highest BCUT2D eigenvalue weighted by atomic mass is 16.5. The number of hydrogen-bond acceptors (Lipinski definition) is 2. The molecule has 1 amide bonds. The van der Waals surface area contributed by atoms with E-state index in [4.69, 9.17) is 4.74 Å². The van der Waals surface area contributed by atoms with Crippen molar-refractivity contribution in [3.05, 3.63) is 64.7 Å². The Balaban J connectivity index is 1.68. The van der Waals surface area contributed by atoms with Crippen molar-refractivity contribution in [3.8, 4) is 5.75 Å². The molecule has 0 unspecified atom stereocenters. The molecule has 3 rings (SSSR count). The lowest BCUT2D eigenvalue weighted by Gasteiger charge is -2.27. The van der Waals surface area contributed by atoms with Crippen molar-refractivity contribution >= 4 is 5.91 Å². The third-order valence-electron chi connectivity index (χ3n) is 4.91. The van der Waals surface area contributed by atoms with Crippen LogP contribution in [-0.4, -0.2) is 12.0 Å². The molecule has 0 aromatic heterocycles. The number of benzene rings is 2. The van der Waals surface area contributed by atoms with Gasteiger partial charge in [0.1, 0.15) is 5.75 Å². The van der Waals surface area contributed by atoms with Gasteiger partial charge in [-0.3, -0.25) is 4.79 Å². The van der Waals surface area contributed by atoms with E-state index in [-0.39, 0.29) is 11.9 Å². The van der Waals surface area contributed by atoms with Gasteiger partial charge in [0.05, 0.1) is 6.04 Å². The maximum Gasteiger partial charge on any atom is 0.261 e. The molecule has 1 aliphatic carbocycles. The van der Waals surface area contributed by atoms with E-state index < -0.39 is 6.10 Å². The van der Waals surface area contributed by atoms with Crippen LogP contribution in [0.15, 0.2) is 42.5 Å². The van der Waals surface area contributed by atoms with Gasteiger partial charge in [-0.2, -0.15) is 0 Å². The predicted molar refractivity (Wildman–Crippen MR) is 96.3 cm³/mol. The van der Waals surface area contributed by atoms with Gasteiger partial charge < -0.3 is 10.1 Å². The molecule has 3 heteroatoms. The molecular formula is C21H25NO2. The summed E-state index contributed by atoms with van der Waals surface area (Å²) in [7, 11) is 0. The number of carbonyl (C=O) groups excluding carboxylic acids is 1. The summed E-state index contributed by atoms with van der Waals surface area (Å²) in [6.45, 7) is 5.88. The summed E-state index contributed by atoms with van der Waals surface area (Å²) in [4.78, 5) is 12.6. The van der Waals surface area contributed by atoms with Crippen molar-refractivity contribution in [2.45, 2.75) is 52.2 Å². The van der Waals surface area contributed by atoms with Crippen LogP contribution in [0.25, 0.3) is 0 Å². The largest absolute Gasteiger partial charge is 0.481 e. The SMILES string of the molecule is Cc1cccc(O[C@H](C)C(=O)N[C@@H]2CCCc3ccccc32)c1C. The first-order chi connectivity index (χ1) is 11.6. The van der Waals surface area contributed by atoms with Crippen molar-refractivity contribution in [3.63, 3.8) is 0 Å². The molecule has 0 radical (unpaired) electrons. The van der Waals surface area contributed by atoms with E-state index in [1.54, 1.807) is 0 Å². The van der Waals surface area contributed by atoms with Crippen LogP contribution in [0.1, 0.15) is 48.1 Å². The number of nitrogens with one attached hydrogen (secondary N) is 1. The third kappa shape index (κ3) is 3.45. The van der Waals surface area contributed by atoms with Gasteiger partial charge in [-0.15, -0.1) is 0 Å². The van der Waals surface area contributed by atoms with Crippen LogP contribution >= 0.6 is 0 Å². The summed E-state index contributed by atoms with van der Waals surface area (Å²) in [6, 6.07) is 14.4. The highest BCUT2D eigenvalue weighted by Gasteiger charge is 2.24. The second-order valence-corrected chi connectivity index (χ2v) is 6.61. The Morgan fingerprint density at radius 3 is 2.79 bits per heavy atom. The highest BCUT2D eigenvalue weighted by Crippen LogP contribution is 2.29. The van der Waals surface area contributed by atoms with Gasteiger partial charge in [0, 0.05) is 0 Å². The van der Waals surface area contributed by atoms with Crippen LogP contribution < -0.4 is 10.1 Å². The van der Waals surface area contributed by atoms with Gasteiger partial charge in [0.25, 0.3) is 5.91 Å². The first-order valence-electron chi connectivity index (χ1n) is 8.67. The normalized spacial score (nSPS) is 17.7. The first-order valence-corrected chi connectivity index (χ1v) is 8.67. The standard InChI is InChI=1S/C21H25NO2/c1-14-8-6-13-20(15(14)2)24-16(3)21(23)22-19-12-7-10-17-9-4-5-11-18(17)19/h4-6,8-9,11,13,16,19H,7,10,12H2,1-3H3,(H,22,23)/t16-,19-/m1/s1. The van der Waals surface area contributed by atoms with Gasteiger partial charge in [-0.1, -0.05) is 36.4 Å². The molecule has 0 bridgehead atoms. The molecular weight excluding hydrogens is 298 g/mol. The van der Waals surface area contributed by atoms with Crippen molar-refractivity contribution < 1.29 is 9.53 Å². The maximum atomic E-state index is 12.6. The summed E-state index contributed by atoms with van der Waals surface area (Å²) < 4.78 is 5.91. The van der Waals surface area contributed by atoms with E-state index in [2.05, 4.69) is 23.5 Å². The summed E-state index contributed by atoms with van der Waals surface area (Å²) >= 11 is 0. The van der Waals surface area contributed by atoms with Gasteiger partial charge in [0.2, 0.25) is 0 Å². The van der Waals surface area contributed by atoms with Crippen LogP contribution in [-0.2, 0) is 11.2 Å². The van der Waals surface area contributed by atoms with Gasteiger partial charge in [-0.25, -0.2) is 0 Å². The van der Waals surface area contributed by atoms with Crippen molar-refractivity contribution in [2.75, 3.05) is 0 Å². The first kappa shape index (κ1) is 16.6. The fraction of sp³-hybridized carbons (Fsp3) is 0.381. The van der Waals surface area contributed by atoms with Crippen molar-refractivity contribution in [1.29, 1.82) is 0 Å². The van der Waals surface area contributed by atoms with Gasteiger partial charge >= 0.3 is 0 Å². The van der Waals surface area contributed by atoms with Crippen LogP contribution in [0.2, 0.25) is 0 Å². The molecule has 0 heterocycles. The van der Waals surface area contributed by atoms with Crippen LogP contribution in [0.3, 0.4) is 0 Å². The quantitative estimate of drug-likeness (QED) is 0.913. The van der Waals surface area contributed by atoms with Crippen LogP contribution in [0, 0.1) is 13.8 Å². The van der Waals surface area contributed by atoms with E-state index in [0.29, 0.717) is 0 Å². The Labute approximate surface area is 144 Å². The topological polar surface area (TPSA) is 38.3 Å². The molecule has 0 aliphatic heterocycles. The van der Waals surface area contributed by atoms with Gasteiger partial charge in [-0.05, 0) is 68.4 Å². The Morgan fingerprint density at radius 2 is 1.96 bits per heavy atom. The number of hydrogen-bond donors (Lipinski definition) is 1. The van der Waals surface area contributed by atoms with Gasteiger partial charge in [0.15, 0.2) is 6.10 Å². The molecule has 2 aromatic rings. The maximum absolute atomic E-state index is 12.6. The zero-order valence-electron chi connectivity index (χ0n) is 14.6. The molecule has 1 aliphatic rings. The molecule has 24 heavy (non-hydrogen) atoms. The van der Waals surface area contributed by atoms with Crippen molar-refractivity contribution in [2.24, 2.45) is 0 Å². The molecule has 126 valence electrons. The summed E-state index contributed by atoms with van der Waals surface area (Å²) in [5, 5.41) is 3.17. The Kier molecular flexibility index (Phi) is 4.89. The monoisotopic (exact) mass is 323 g/mol. The van der Waals surface area contributed by atoms with Crippen LogP contribution in [0.4, 0.5) is 0 Å². The lowest BCUT2D eigenvalue weighted by Crippen LogP contribution is -2.39. The smallest absolute Gasteiger partial charge is 0.261 e. The number of amides is 1. The number of rotatable bonds is 4. The summed E-state index contributed by atoms with van der Waals surface area (Å²) in [6.07, 6.45) is 2.67. The Morgan fingerprint density at radius 1 is 1.17 bits per heavy atom. The number of carbonyl (C=O) groups is 1. The van der Waals surface area contributed by atoms with E-state index in [1.807, 2.05) is 45.0 Å². The zero-order valence-corrected chi connectivity index (χ0v) is 14.6. The minimum Gasteiger partial charge on any atom is -0.481 e. The minimum absolute atomic E-state index is 0.0578. The lowest BCUT2D eigenvalue weighted by atomic mass is 9.87. The number of aryl methyl sites for hydroxylation is 2. The minimum atomic E-state index is -0.514. The van der Waals surface area contributed by atoms with Crippen molar-refractivity contribution in [1.82, 2.24) is 5.32 Å². The lowest BCUT2D eigenvalue weighted by molar-refractivity contribution is -0.128. The summed E-state index contributed by atoms with van der Waals surface area (Å²) in [5.41, 5.74) is 4.84. The van der Waals surface area contributed by atoms with E-state index in [0.717, 1.165) is 30.6 Å². The molecule has 3 nitrogen and oxygen atoms in total. The molecule has 2 aromatic carbocycles. The van der Waals surface area contributed by atoms with E-state index in [1.165, 1.54) is 16.7 Å².